The molecule has 1 heterocycles. The van der Waals surface area contributed by atoms with Crippen molar-refractivity contribution in [2.45, 2.75) is 50.4 Å². The van der Waals surface area contributed by atoms with Crippen LogP contribution in [0, 0.1) is 11.7 Å². The van der Waals surface area contributed by atoms with Crippen LogP contribution in [0.3, 0.4) is 0 Å². The molecule has 190 valence electrons. The summed E-state index contributed by atoms with van der Waals surface area (Å²) in [5.74, 6) is -6.55. The van der Waals surface area contributed by atoms with Crippen molar-refractivity contribution in [3.63, 3.8) is 0 Å². The molecule has 1 amide bonds. The highest BCUT2D eigenvalue weighted by molar-refractivity contribution is 6.42. The number of rotatable bonds is 9. The number of anilines is 1. The number of amidine groups is 1. The van der Waals surface area contributed by atoms with Crippen LogP contribution < -0.4 is 11.1 Å². The molecule has 8 nitrogen and oxygen atoms in total. The van der Waals surface area contributed by atoms with Gasteiger partial charge in [0.25, 0.3) is 17.9 Å². The number of ether oxygens (including phenoxy) is 2. The van der Waals surface area contributed by atoms with E-state index in [1.165, 1.54) is 13.0 Å². The molecule has 13 heteroatoms. The van der Waals surface area contributed by atoms with Crippen molar-refractivity contribution in [2.24, 2.45) is 26.6 Å². The number of hydrogen-bond acceptors (Lipinski definition) is 7. The Hall–Kier alpha value is -3.51. The maximum absolute atomic E-state index is 15.5. The minimum absolute atomic E-state index is 0.00574. The summed E-state index contributed by atoms with van der Waals surface area (Å²) in [7, 11) is 0. The summed E-state index contributed by atoms with van der Waals surface area (Å²) in [5, 5.41) is 2.43. The third kappa shape index (κ3) is 5.43. The van der Waals surface area contributed by atoms with Gasteiger partial charge in [-0.1, -0.05) is 0 Å². The van der Waals surface area contributed by atoms with Gasteiger partial charge in [0.1, 0.15) is 17.1 Å². The standard InChI is InChI=1S/C22H24F5N5O3/c1-11(30-9-16(29-3)34-10-23)19(33)31-13-6-7-15(24)14(8-13)21(2)17(25)18(35-20(28)32-21)22(26,27)12-4-5-12/h6-9,12,17-18H,3-5,10H2,1-2H3,(H2,28,32)(H,31,33)/b16-9+,30-11?/t17-,18-,21+/m0/s1. The Morgan fingerprint density at radius 2 is 2.14 bits per heavy atom. The quantitative estimate of drug-likeness (QED) is 0.303. The third-order valence-electron chi connectivity index (χ3n) is 5.72. The van der Waals surface area contributed by atoms with Crippen LogP contribution in [0.5, 0.6) is 0 Å². The van der Waals surface area contributed by atoms with Crippen molar-refractivity contribution in [3.05, 3.63) is 41.7 Å². The number of nitrogens with one attached hydrogen (secondary N) is 1. The predicted molar refractivity (Wildman–Crippen MR) is 119 cm³/mol. The second kappa shape index (κ2) is 10.0. The summed E-state index contributed by atoms with van der Waals surface area (Å²) in [6.45, 7) is 4.43. The molecule has 3 N–H and O–H groups in total. The van der Waals surface area contributed by atoms with Gasteiger partial charge in [0.15, 0.2) is 12.3 Å². The highest BCUT2D eigenvalue weighted by Gasteiger charge is 2.62. The number of amides is 1. The van der Waals surface area contributed by atoms with Crippen molar-refractivity contribution < 1.29 is 36.2 Å². The van der Waals surface area contributed by atoms with Crippen LogP contribution in [0.25, 0.3) is 0 Å². The van der Waals surface area contributed by atoms with Crippen molar-refractivity contribution in [1.82, 2.24) is 0 Å². The van der Waals surface area contributed by atoms with Crippen LogP contribution >= 0.6 is 0 Å². The van der Waals surface area contributed by atoms with E-state index in [1.54, 1.807) is 0 Å². The second-order valence-electron chi connectivity index (χ2n) is 8.23. The lowest BCUT2D eigenvalue weighted by Crippen LogP contribution is -2.57. The second-order valence-corrected chi connectivity index (χ2v) is 8.23. The number of halogens is 5. The Bertz CT molecular complexity index is 1090. The minimum Gasteiger partial charge on any atom is -0.452 e. The van der Waals surface area contributed by atoms with Crippen molar-refractivity contribution >= 4 is 30.0 Å². The van der Waals surface area contributed by atoms with Gasteiger partial charge in [0.2, 0.25) is 12.7 Å². The van der Waals surface area contributed by atoms with Gasteiger partial charge in [-0.05, 0) is 51.6 Å². The minimum atomic E-state index is -3.53. The number of nitrogens with two attached hydrogens (primary N) is 1. The van der Waals surface area contributed by atoms with Gasteiger partial charge in [-0.15, -0.1) is 0 Å². The van der Waals surface area contributed by atoms with E-state index in [4.69, 9.17) is 10.5 Å². The van der Waals surface area contributed by atoms with E-state index in [9.17, 15) is 22.4 Å². The molecule has 1 aromatic rings. The summed E-state index contributed by atoms with van der Waals surface area (Å²) < 4.78 is 81.4. The summed E-state index contributed by atoms with van der Waals surface area (Å²) >= 11 is 0. The van der Waals surface area contributed by atoms with Gasteiger partial charge >= 0.3 is 0 Å². The fourth-order valence-electron chi connectivity index (χ4n) is 3.59. The first kappa shape index (κ1) is 26.1. The summed E-state index contributed by atoms with van der Waals surface area (Å²) in [6, 6.07) is 2.49. The topological polar surface area (TPSA) is 111 Å². The lowest BCUT2D eigenvalue weighted by Gasteiger charge is -2.41. The maximum Gasteiger partial charge on any atom is 0.290 e. The molecule has 1 aromatic carbocycles. The molecule has 0 spiro atoms. The molecule has 0 saturated heterocycles. The zero-order chi connectivity index (χ0) is 26.0. The molecule has 0 bridgehead atoms. The Morgan fingerprint density at radius 1 is 1.46 bits per heavy atom. The first-order valence-corrected chi connectivity index (χ1v) is 10.5. The van der Waals surface area contributed by atoms with Crippen LogP contribution in [-0.4, -0.2) is 49.4 Å². The Balaban J connectivity index is 1.89. The number of benzene rings is 1. The summed E-state index contributed by atoms with van der Waals surface area (Å²) in [5.41, 5.74) is 2.91. The van der Waals surface area contributed by atoms with E-state index < -0.39 is 59.8 Å². The molecule has 1 saturated carbocycles. The first-order chi connectivity index (χ1) is 16.4. The maximum atomic E-state index is 15.5. The zero-order valence-corrected chi connectivity index (χ0v) is 18.9. The molecule has 1 aliphatic carbocycles. The SMILES string of the molecule is C=N/C(=C\N=C(C)C(=O)Nc1ccc(F)c([C@@]2(C)N=C(N)O[C@H](C(F)(F)C3CC3)[C@@H]2F)c1)OCF. The van der Waals surface area contributed by atoms with Crippen molar-refractivity contribution in [1.29, 1.82) is 0 Å². The van der Waals surface area contributed by atoms with Crippen LogP contribution in [0.15, 0.2) is 45.3 Å². The molecule has 0 radical (unpaired) electrons. The predicted octanol–water partition coefficient (Wildman–Crippen LogP) is 3.98. The molecule has 1 aliphatic heterocycles. The normalized spacial score (nSPS) is 25.4. The van der Waals surface area contributed by atoms with Gasteiger partial charge in [-0.2, -0.15) is 0 Å². The number of carbonyl (C=O) groups is 1. The molecule has 0 aromatic heterocycles. The molecular formula is C22H24F5N5O3. The summed E-state index contributed by atoms with van der Waals surface area (Å²) in [4.78, 5) is 23.4. The number of aliphatic imine (C=N–C) groups is 3. The average Bonchev–Trinajstić information content (AvgIpc) is 3.66. The molecule has 1 fully saturated rings. The number of hydrogen-bond donors (Lipinski definition) is 2. The van der Waals surface area contributed by atoms with E-state index in [0.717, 1.165) is 25.3 Å². The van der Waals surface area contributed by atoms with Crippen LogP contribution in [0.1, 0.15) is 32.3 Å². The lowest BCUT2D eigenvalue weighted by molar-refractivity contribution is -0.161. The Morgan fingerprint density at radius 3 is 2.74 bits per heavy atom. The smallest absolute Gasteiger partial charge is 0.290 e. The van der Waals surface area contributed by atoms with Gasteiger partial charge in [-0.25, -0.2) is 31.9 Å². The molecular weight excluding hydrogens is 477 g/mol. The zero-order valence-electron chi connectivity index (χ0n) is 18.9. The summed E-state index contributed by atoms with van der Waals surface area (Å²) in [6.07, 6.45) is -3.31. The largest absolute Gasteiger partial charge is 0.452 e. The van der Waals surface area contributed by atoms with Crippen LogP contribution in [0.2, 0.25) is 0 Å². The fraction of sp³-hybridized carbons (Fsp3) is 0.455. The van der Waals surface area contributed by atoms with E-state index in [1.807, 2.05) is 0 Å². The number of carbonyl (C=O) groups excluding carboxylic acids is 1. The van der Waals surface area contributed by atoms with Crippen molar-refractivity contribution in [3.8, 4) is 0 Å². The van der Waals surface area contributed by atoms with Crippen LogP contribution in [0.4, 0.5) is 27.6 Å². The molecule has 3 atom stereocenters. The third-order valence-corrected chi connectivity index (χ3v) is 5.72. The van der Waals surface area contributed by atoms with Crippen LogP contribution in [-0.2, 0) is 19.8 Å². The number of alkyl halides is 4. The molecule has 2 aliphatic rings. The van der Waals surface area contributed by atoms with Gasteiger partial charge in [0, 0.05) is 17.2 Å². The van der Waals surface area contributed by atoms with Crippen molar-refractivity contribution in [2.75, 3.05) is 12.2 Å². The highest BCUT2D eigenvalue weighted by Crippen LogP contribution is 2.51. The number of nitrogens with zero attached hydrogens (tertiary/aromatic N) is 3. The molecule has 3 rings (SSSR count). The molecule has 35 heavy (non-hydrogen) atoms. The van der Waals surface area contributed by atoms with E-state index in [2.05, 4.69) is 31.7 Å². The van der Waals surface area contributed by atoms with E-state index >= 15 is 4.39 Å². The monoisotopic (exact) mass is 501 g/mol. The van der Waals surface area contributed by atoms with Gasteiger partial charge < -0.3 is 20.5 Å². The molecule has 0 unspecified atom stereocenters. The first-order valence-electron chi connectivity index (χ1n) is 10.5. The Kier molecular flexibility index (Phi) is 7.46. The highest BCUT2D eigenvalue weighted by atomic mass is 19.3. The fourth-order valence-corrected chi connectivity index (χ4v) is 3.59. The van der Waals surface area contributed by atoms with E-state index in [-0.39, 0.29) is 30.1 Å². The average molecular weight is 501 g/mol. The lowest BCUT2D eigenvalue weighted by atomic mass is 9.81. The Labute approximate surface area is 197 Å². The van der Waals surface area contributed by atoms with Gasteiger partial charge in [-0.3, -0.25) is 9.79 Å². The van der Waals surface area contributed by atoms with Gasteiger partial charge in [0.05, 0.1) is 6.20 Å². The van der Waals surface area contributed by atoms with E-state index in [0.29, 0.717) is 0 Å².